The Kier molecular flexibility index (Phi) is 13.9. The number of aliphatic hydroxyl groups is 3. The normalized spacial score (nSPS) is 23.2. The lowest BCUT2D eigenvalue weighted by Gasteiger charge is -2.22. The third-order valence-electron chi connectivity index (χ3n) is 5.68. The van der Waals surface area contributed by atoms with Gasteiger partial charge in [0.1, 0.15) is 0 Å². The van der Waals surface area contributed by atoms with Gasteiger partial charge in [-0.05, 0) is 50.4 Å². The van der Waals surface area contributed by atoms with Crippen LogP contribution in [0.1, 0.15) is 90.4 Å². The second-order valence-corrected chi connectivity index (χ2v) is 7.94. The summed E-state index contributed by atoms with van der Waals surface area (Å²) in [6.45, 7) is 2.44. The average molecular weight is 367 g/mol. The minimum absolute atomic E-state index is 0.215. The van der Waals surface area contributed by atoms with Gasteiger partial charge in [-0.25, -0.2) is 0 Å². The van der Waals surface area contributed by atoms with Crippen LogP contribution < -0.4 is 0 Å². The Labute approximate surface area is 161 Å². The van der Waals surface area contributed by atoms with Crippen molar-refractivity contribution in [1.29, 1.82) is 0 Å². The summed E-state index contributed by atoms with van der Waals surface area (Å²) in [6.07, 6.45) is 21.8. The lowest BCUT2D eigenvalue weighted by molar-refractivity contribution is 0.0835. The van der Waals surface area contributed by atoms with Crippen LogP contribution in [0.4, 0.5) is 0 Å². The van der Waals surface area contributed by atoms with Crippen molar-refractivity contribution in [2.45, 2.75) is 103 Å². The van der Waals surface area contributed by atoms with Crippen LogP contribution in [-0.4, -0.2) is 34.1 Å². The number of hydrogen-bond donors (Lipinski definition) is 3. The molecule has 1 fully saturated rings. The van der Waals surface area contributed by atoms with Crippen LogP contribution in [0.25, 0.3) is 0 Å². The largest absolute Gasteiger partial charge is 0.396 e. The van der Waals surface area contributed by atoms with E-state index in [4.69, 9.17) is 5.11 Å². The zero-order valence-electron chi connectivity index (χ0n) is 16.9. The van der Waals surface area contributed by atoms with Gasteiger partial charge in [-0.2, -0.15) is 0 Å². The molecular weight excluding hydrogens is 324 g/mol. The first-order chi connectivity index (χ1) is 12.7. The fourth-order valence-electron chi connectivity index (χ4n) is 4.04. The number of rotatable bonds is 15. The summed E-state index contributed by atoms with van der Waals surface area (Å²) < 4.78 is 0. The van der Waals surface area contributed by atoms with Gasteiger partial charge in [0.25, 0.3) is 0 Å². The Morgan fingerprint density at radius 3 is 2.38 bits per heavy atom. The topological polar surface area (TPSA) is 60.7 Å². The number of aliphatic hydroxyl groups excluding tert-OH is 3. The molecule has 3 N–H and O–H groups in total. The van der Waals surface area contributed by atoms with E-state index in [1.54, 1.807) is 0 Å². The van der Waals surface area contributed by atoms with Crippen molar-refractivity contribution in [2.75, 3.05) is 6.61 Å². The molecule has 1 rings (SSSR count). The zero-order chi connectivity index (χ0) is 19.0. The predicted octanol–water partition coefficient (Wildman–Crippen LogP) is 5.15. The van der Waals surface area contributed by atoms with E-state index < -0.39 is 0 Å². The SMILES string of the molecule is CCCCCCCCC(O)C=CC=CC1CCCC1C(O)CCCCO. The molecule has 3 heteroatoms. The fraction of sp³-hybridized carbons (Fsp3) is 0.826. The van der Waals surface area contributed by atoms with E-state index in [0.29, 0.717) is 11.8 Å². The van der Waals surface area contributed by atoms with Crippen molar-refractivity contribution in [3.63, 3.8) is 0 Å². The first-order valence-corrected chi connectivity index (χ1v) is 11.0. The molecule has 0 radical (unpaired) electrons. The molecule has 0 saturated heterocycles. The fourth-order valence-corrected chi connectivity index (χ4v) is 4.04. The van der Waals surface area contributed by atoms with Gasteiger partial charge in [-0.3, -0.25) is 0 Å². The average Bonchev–Trinajstić information content (AvgIpc) is 3.10. The third-order valence-corrected chi connectivity index (χ3v) is 5.68. The van der Waals surface area contributed by atoms with Crippen LogP contribution in [0.5, 0.6) is 0 Å². The van der Waals surface area contributed by atoms with Crippen molar-refractivity contribution in [1.82, 2.24) is 0 Å². The summed E-state index contributed by atoms with van der Waals surface area (Å²) in [5.74, 6) is 0.797. The highest BCUT2D eigenvalue weighted by atomic mass is 16.3. The van der Waals surface area contributed by atoms with Crippen molar-refractivity contribution in [3.05, 3.63) is 24.3 Å². The summed E-state index contributed by atoms with van der Waals surface area (Å²) in [6, 6.07) is 0. The van der Waals surface area contributed by atoms with Crippen LogP contribution in [0.3, 0.4) is 0 Å². The molecule has 0 spiro atoms. The van der Waals surface area contributed by atoms with Crippen molar-refractivity contribution in [2.24, 2.45) is 11.8 Å². The quantitative estimate of drug-likeness (QED) is 0.277. The minimum Gasteiger partial charge on any atom is -0.396 e. The Balaban J connectivity index is 2.22. The van der Waals surface area contributed by atoms with Crippen LogP contribution in [-0.2, 0) is 0 Å². The van der Waals surface area contributed by atoms with Gasteiger partial charge in [0, 0.05) is 6.61 Å². The smallest absolute Gasteiger partial charge is 0.0723 e. The van der Waals surface area contributed by atoms with Crippen LogP contribution in [0, 0.1) is 11.8 Å². The summed E-state index contributed by atoms with van der Waals surface area (Å²) in [5, 5.41) is 29.3. The number of unbranched alkanes of at least 4 members (excludes halogenated alkanes) is 6. The van der Waals surface area contributed by atoms with Gasteiger partial charge in [0.05, 0.1) is 12.2 Å². The van der Waals surface area contributed by atoms with Gasteiger partial charge >= 0.3 is 0 Å². The first kappa shape index (κ1) is 23.4. The van der Waals surface area contributed by atoms with E-state index in [-0.39, 0.29) is 18.8 Å². The van der Waals surface area contributed by atoms with Gasteiger partial charge in [-0.1, -0.05) is 76.2 Å². The standard InChI is InChI=1S/C23H42O3/c1-2-3-4-5-6-7-15-21(25)16-9-8-13-20-14-12-17-22(20)23(26)18-10-11-19-24/h8-9,13,16,20-26H,2-7,10-12,14-15,17-19H2,1H3. The Morgan fingerprint density at radius 1 is 0.885 bits per heavy atom. The molecule has 4 unspecified atom stereocenters. The maximum absolute atomic E-state index is 10.4. The molecule has 3 nitrogen and oxygen atoms in total. The summed E-state index contributed by atoms with van der Waals surface area (Å²) in [4.78, 5) is 0. The molecule has 0 aliphatic heterocycles. The van der Waals surface area contributed by atoms with Crippen LogP contribution >= 0.6 is 0 Å². The van der Waals surface area contributed by atoms with E-state index in [2.05, 4.69) is 13.0 Å². The lowest BCUT2D eigenvalue weighted by atomic mass is 9.88. The summed E-state index contributed by atoms with van der Waals surface area (Å²) >= 11 is 0. The maximum atomic E-state index is 10.4. The maximum Gasteiger partial charge on any atom is 0.0723 e. The Morgan fingerprint density at radius 2 is 1.62 bits per heavy atom. The van der Waals surface area contributed by atoms with Gasteiger partial charge in [0.15, 0.2) is 0 Å². The van der Waals surface area contributed by atoms with E-state index in [1.165, 1.54) is 38.5 Å². The number of allylic oxidation sites excluding steroid dienone is 3. The third kappa shape index (κ3) is 10.5. The molecule has 1 aliphatic rings. The lowest BCUT2D eigenvalue weighted by Crippen LogP contribution is -2.23. The predicted molar refractivity (Wildman–Crippen MR) is 110 cm³/mol. The molecule has 4 atom stereocenters. The van der Waals surface area contributed by atoms with Crippen molar-refractivity contribution >= 4 is 0 Å². The molecule has 0 bridgehead atoms. The van der Waals surface area contributed by atoms with Crippen LogP contribution in [0.2, 0.25) is 0 Å². The molecule has 152 valence electrons. The Hall–Kier alpha value is -0.640. The molecule has 1 aliphatic carbocycles. The second kappa shape index (κ2) is 15.4. The molecule has 0 aromatic heterocycles. The first-order valence-electron chi connectivity index (χ1n) is 11.0. The van der Waals surface area contributed by atoms with Crippen molar-refractivity contribution in [3.8, 4) is 0 Å². The van der Waals surface area contributed by atoms with Gasteiger partial charge < -0.3 is 15.3 Å². The summed E-state index contributed by atoms with van der Waals surface area (Å²) in [5.41, 5.74) is 0. The highest BCUT2D eigenvalue weighted by Crippen LogP contribution is 2.36. The van der Waals surface area contributed by atoms with Crippen molar-refractivity contribution < 1.29 is 15.3 Å². The molecule has 0 aromatic carbocycles. The molecule has 0 amide bonds. The minimum atomic E-state index is -0.339. The molecule has 0 aromatic rings. The molecular formula is C23H42O3. The molecule has 0 heterocycles. The zero-order valence-corrected chi connectivity index (χ0v) is 16.9. The van der Waals surface area contributed by atoms with Gasteiger partial charge in [0.2, 0.25) is 0 Å². The van der Waals surface area contributed by atoms with E-state index >= 15 is 0 Å². The highest BCUT2D eigenvalue weighted by Gasteiger charge is 2.30. The second-order valence-electron chi connectivity index (χ2n) is 7.94. The van der Waals surface area contributed by atoms with E-state index in [0.717, 1.165) is 44.9 Å². The van der Waals surface area contributed by atoms with Crippen LogP contribution in [0.15, 0.2) is 24.3 Å². The highest BCUT2D eigenvalue weighted by molar-refractivity contribution is 5.08. The van der Waals surface area contributed by atoms with Gasteiger partial charge in [-0.15, -0.1) is 0 Å². The number of hydrogen-bond acceptors (Lipinski definition) is 3. The molecule has 26 heavy (non-hydrogen) atoms. The Bertz CT molecular complexity index is 378. The molecule has 1 saturated carbocycles. The van der Waals surface area contributed by atoms with E-state index in [1.807, 2.05) is 18.2 Å². The monoisotopic (exact) mass is 366 g/mol. The summed E-state index contributed by atoms with van der Waals surface area (Å²) in [7, 11) is 0. The van der Waals surface area contributed by atoms with E-state index in [9.17, 15) is 10.2 Å².